The summed E-state index contributed by atoms with van der Waals surface area (Å²) >= 11 is 0. The molecule has 1 aliphatic heterocycles. The van der Waals surface area contributed by atoms with Gasteiger partial charge in [-0.25, -0.2) is 9.97 Å². The maximum absolute atomic E-state index is 5.63. The second kappa shape index (κ2) is 6.14. The molecule has 0 spiro atoms. The van der Waals surface area contributed by atoms with Crippen molar-refractivity contribution in [1.82, 2.24) is 9.97 Å². The van der Waals surface area contributed by atoms with Crippen LogP contribution in [0.25, 0.3) is 0 Å². The van der Waals surface area contributed by atoms with E-state index in [1.54, 1.807) is 0 Å². The van der Waals surface area contributed by atoms with Gasteiger partial charge in [-0.05, 0) is 45.1 Å². The molecular formula is C14H24N4. The van der Waals surface area contributed by atoms with E-state index in [9.17, 15) is 0 Å². The van der Waals surface area contributed by atoms with Gasteiger partial charge in [-0.1, -0.05) is 6.92 Å². The fraction of sp³-hybridized carbons (Fsp3) is 0.714. The molecule has 0 amide bonds. The molecule has 1 aliphatic rings. The van der Waals surface area contributed by atoms with Crippen LogP contribution in [0.4, 0.5) is 5.82 Å². The molecule has 0 aliphatic carbocycles. The van der Waals surface area contributed by atoms with Crippen LogP contribution in [0.1, 0.15) is 37.7 Å². The molecule has 1 aromatic rings. The van der Waals surface area contributed by atoms with E-state index in [1.807, 2.05) is 6.92 Å². The van der Waals surface area contributed by atoms with Gasteiger partial charge in [0.05, 0.1) is 0 Å². The van der Waals surface area contributed by atoms with Gasteiger partial charge in [0, 0.05) is 24.8 Å². The van der Waals surface area contributed by atoms with Gasteiger partial charge in [0.1, 0.15) is 11.6 Å². The van der Waals surface area contributed by atoms with Crippen molar-refractivity contribution in [3.63, 3.8) is 0 Å². The number of anilines is 1. The summed E-state index contributed by atoms with van der Waals surface area (Å²) in [7, 11) is 0. The summed E-state index contributed by atoms with van der Waals surface area (Å²) in [6, 6.07) is 2.14. The second-order valence-corrected chi connectivity index (χ2v) is 5.13. The highest BCUT2D eigenvalue weighted by atomic mass is 15.2. The van der Waals surface area contributed by atoms with Crippen molar-refractivity contribution in [2.45, 2.75) is 39.5 Å². The van der Waals surface area contributed by atoms with Crippen LogP contribution in [-0.2, 0) is 6.42 Å². The largest absolute Gasteiger partial charge is 0.356 e. The average Bonchev–Trinajstić information content (AvgIpc) is 2.39. The van der Waals surface area contributed by atoms with E-state index in [-0.39, 0.29) is 0 Å². The SMILES string of the molecule is CCc1cc(N2CCC(CCN)CC2)nc(C)n1. The van der Waals surface area contributed by atoms with E-state index in [0.29, 0.717) is 0 Å². The topological polar surface area (TPSA) is 55.0 Å². The number of rotatable bonds is 4. The van der Waals surface area contributed by atoms with Crippen LogP contribution in [0.15, 0.2) is 6.07 Å². The molecule has 18 heavy (non-hydrogen) atoms. The molecule has 0 bridgehead atoms. The highest BCUT2D eigenvalue weighted by Crippen LogP contribution is 2.24. The Labute approximate surface area is 110 Å². The Morgan fingerprint density at radius 3 is 2.67 bits per heavy atom. The summed E-state index contributed by atoms with van der Waals surface area (Å²) in [5, 5.41) is 0. The average molecular weight is 248 g/mol. The second-order valence-electron chi connectivity index (χ2n) is 5.13. The number of aryl methyl sites for hydroxylation is 2. The molecule has 0 radical (unpaired) electrons. The lowest BCUT2D eigenvalue weighted by atomic mass is 9.93. The van der Waals surface area contributed by atoms with Gasteiger partial charge in [0.2, 0.25) is 0 Å². The summed E-state index contributed by atoms with van der Waals surface area (Å²) in [5.41, 5.74) is 6.77. The Kier molecular flexibility index (Phi) is 4.53. The Morgan fingerprint density at radius 1 is 1.33 bits per heavy atom. The molecule has 4 heteroatoms. The summed E-state index contributed by atoms with van der Waals surface area (Å²) in [5.74, 6) is 2.79. The predicted molar refractivity (Wildman–Crippen MR) is 74.8 cm³/mol. The number of piperidine rings is 1. The number of hydrogen-bond acceptors (Lipinski definition) is 4. The van der Waals surface area contributed by atoms with Crippen LogP contribution >= 0.6 is 0 Å². The first kappa shape index (κ1) is 13.3. The highest BCUT2D eigenvalue weighted by molar-refractivity contribution is 5.40. The minimum atomic E-state index is 0.805. The fourth-order valence-electron chi connectivity index (χ4n) is 2.64. The summed E-state index contributed by atoms with van der Waals surface area (Å²) in [6.45, 7) is 7.13. The van der Waals surface area contributed by atoms with E-state index in [0.717, 1.165) is 55.7 Å². The summed E-state index contributed by atoms with van der Waals surface area (Å²) in [6.07, 6.45) is 4.61. The first-order chi connectivity index (χ1) is 8.72. The van der Waals surface area contributed by atoms with Gasteiger partial charge in [0.25, 0.3) is 0 Å². The van der Waals surface area contributed by atoms with Crippen LogP contribution in [0.2, 0.25) is 0 Å². The monoisotopic (exact) mass is 248 g/mol. The predicted octanol–water partition coefficient (Wildman–Crippen LogP) is 1.91. The third-order valence-corrected chi connectivity index (χ3v) is 3.75. The van der Waals surface area contributed by atoms with Crippen molar-refractivity contribution in [1.29, 1.82) is 0 Å². The standard InChI is InChI=1S/C14H24N4/c1-3-13-10-14(17-11(2)16-13)18-8-5-12(4-7-15)6-9-18/h10,12H,3-9,15H2,1-2H3. The Morgan fingerprint density at radius 2 is 2.06 bits per heavy atom. The van der Waals surface area contributed by atoms with Gasteiger partial charge in [0.15, 0.2) is 0 Å². The normalized spacial score (nSPS) is 17.2. The molecule has 0 saturated carbocycles. The van der Waals surface area contributed by atoms with E-state index < -0.39 is 0 Å². The Balaban J connectivity index is 2.02. The quantitative estimate of drug-likeness (QED) is 0.884. The van der Waals surface area contributed by atoms with Crippen molar-refractivity contribution in [3.05, 3.63) is 17.6 Å². The molecule has 2 rings (SSSR count). The lowest BCUT2D eigenvalue weighted by molar-refractivity contribution is 0.385. The minimum absolute atomic E-state index is 0.805. The fourth-order valence-corrected chi connectivity index (χ4v) is 2.64. The first-order valence-electron chi connectivity index (χ1n) is 7.02. The Bertz CT molecular complexity index is 383. The van der Waals surface area contributed by atoms with Crippen molar-refractivity contribution in [2.24, 2.45) is 11.7 Å². The number of nitrogens with two attached hydrogens (primary N) is 1. The van der Waals surface area contributed by atoms with Crippen LogP contribution in [0.5, 0.6) is 0 Å². The molecule has 0 aromatic carbocycles. The van der Waals surface area contributed by atoms with Crippen molar-refractivity contribution >= 4 is 5.82 Å². The van der Waals surface area contributed by atoms with Gasteiger partial charge in [-0.15, -0.1) is 0 Å². The van der Waals surface area contributed by atoms with Gasteiger partial charge < -0.3 is 10.6 Å². The first-order valence-corrected chi connectivity index (χ1v) is 7.02. The minimum Gasteiger partial charge on any atom is -0.356 e. The van der Waals surface area contributed by atoms with Gasteiger partial charge in [-0.2, -0.15) is 0 Å². The number of nitrogens with zero attached hydrogens (tertiary/aromatic N) is 3. The van der Waals surface area contributed by atoms with Gasteiger partial charge >= 0.3 is 0 Å². The molecule has 1 aromatic heterocycles. The molecule has 0 unspecified atom stereocenters. The molecule has 1 fully saturated rings. The number of aromatic nitrogens is 2. The van der Waals surface area contributed by atoms with E-state index in [1.165, 1.54) is 12.8 Å². The molecule has 0 atom stereocenters. The zero-order valence-corrected chi connectivity index (χ0v) is 11.5. The molecule has 2 N–H and O–H groups in total. The summed E-state index contributed by atoms with van der Waals surface area (Å²) in [4.78, 5) is 11.4. The Hall–Kier alpha value is -1.16. The lowest BCUT2D eigenvalue weighted by Crippen LogP contribution is -2.35. The third-order valence-electron chi connectivity index (χ3n) is 3.75. The molecule has 4 nitrogen and oxygen atoms in total. The zero-order chi connectivity index (χ0) is 13.0. The molecular weight excluding hydrogens is 224 g/mol. The van der Waals surface area contributed by atoms with Crippen LogP contribution in [0, 0.1) is 12.8 Å². The maximum atomic E-state index is 5.63. The van der Waals surface area contributed by atoms with Crippen molar-refractivity contribution < 1.29 is 0 Å². The van der Waals surface area contributed by atoms with Crippen LogP contribution < -0.4 is 10.6 Å². The maximum Gasteiger partial charge on any atom is 0.132 e. The summed E-state index contributed by atoms with van der Waals surface area (Å²) < 4.78 is 0. The van der Waals surface area contributed by atoms with E-state index in [4.69, 9.17) is 5.73 Å². The smallest absolute Gasteiger partial charge is 0.132 e. The third kappa shape index (κ3) is 3.19. The van der Waals surface area contributed by atoms with Crippen molar-refractivity contribution in [2.75, 3.05) is 24.5 Å². The van der Waals surface area contributed by atoms with Crippen LogP contribution in [-0.4, -0.2) is 29.6 Å². The van der Waals surface area contributed by atoms with E-state index in [2.05, 4.69) is 27.9 Å². The molecule has 2 heterocycles. The number of hydrogen-bond donors (Lipinski definition) is 1. The molecule has 100 valence electrons. The van der Waals surface area contributed by atoms with Crippen molar-refractivity contribution in [3.8, 4) is 0 Å². The zero-order valence-electron chi connectivity index (χ0n) is 11.5. The lowest BCUT2D eigenvalue weighted by Gasteiger charge is -2.32. The molecule has 1 saturated heterocycles. The highest BCUT2D eigenvalue weighted by Gasteiger charge is 2.20. The van der Waals surface area contributed by atoms with Gasteiger partial charge in [-0.3, -0.25) is 0 Å². The van der Waals surface area contributed by atoms with E-state index >= 15 is 0 Å². The van der Waals surface area contributed by atoms with Crippen LogP contribution in [0.3, 0.4) is 0 Å².